The number of aliphatic hydroxyl groups is 1. The zero-order valence-corrected chi connectivity index (χ0v) is 11.8. The van der Waals surface area contributed by atoms with Gasteiger partial charge in [-0.1, -0.05) is 31.4 Å². The van der Waals surface area contributed by atoms with E-state index in [0.29, 0.717) is 13.2 Å². The Morgan fingerprint density at radius 1 is 1.26 bits per heavy atom. The SMILES string of the molecule is CCOc1cccc(CNCC2(O)CCCCC2)c1. The molecule has 1 saturated carbocycles. The van der Waals surface area contributed by atoms with Crippen LogP contribution in [0.4, 0.5) is 0 Å². The molecule has 1 fully saturated rings. The van der Waals surface area contributed by atoms with Gasteiger partial charge in [0.2, 0.25) is 0 Å². The summed E-state index contributed by atoms with van der Waals surface area (Å²) in [5, 5.41) is 13.8. The highest BCUT2D eigenvalue weighted by molar-refractivity contribution is 5.28. The number of benzene rings is 1. The highest BCUT2D eigenvalue weighted by atomic mass is 16.5. The summed E-state index contributed by atoms with van der Waals surface area (Å²) in [6.07, 6.45) is 5.42. The van der Waals surface area contributed by atoms with Gasteiger partial charge in [-0.25, -0.2) is 0 Å². The van der Waals surface area contributed by atoms with Crippen LogP contribution in [-0.2, 0) is 6.54 Å². The number of hydrogen-bond donors (Lipinski definition) is 2. The van der Waals surface area contributed by atoms with Gasteiger partial charge in [-0.15, -0.1) is 0 Å². The van der Waals surface area contributed by atoms with Gasteiger partial charge in [0.15, 0.2) is 0 Å². The predicted molar refractivity (Wildman–Crippen MR) is 77.4 cm³/mol. The molecule has 0 unspecified atom stereocenters. The molecule has 1 aromatic rings. The third-order valence-electron chi connectivity index (χ3n) is 3.78. The standard InChI is InChI=1S/C16H25NO2/c1-2-19-15-8-6-7-14(11-15)12-17-13-16(18)9-4-3-5-10-16/h6-8,11,17-18H,2-5,9-10,12-13H2,1H3. The van der Waals surface area contributed by atoms with E-state index in [2.05, 4.69) is 17.4 Å². The van der Waals surface area contributed by atoms with Crippen LogP contribution >= 0.6 is 0 Å². The van der Waals surface area contributed by atoms with Crippen LogP contribution in [0.15, 0.2) is 24.3 Å². The maximum absolute atomic E-state index is 10.4. The number of ether oxygens (including phenoxy) is 1. The normalized spacial score (nSPS) is 18.2. The molecule has 1 aliphatic carbocycles. The first-order valence-corrected chi connectivity index (χ1v) is 7.37. The van der Waals surface area contributed by atoms with Crippen LogP contribution in [-0.4, -0.2) is 23.9 Å². The van der Waals surface area contributed by atoms with E-state index in [-0.39, 0.29) is 0 Å². The highest BCUT2D eigenvalue weighted by Gasteiger charge is 2.28. The molecule has 2 N–H and O–H groups in total. The van der Waals surface area contributed by atoms with E-state index in [9.17, 15) is 5.11 Å². The summed E-state index contributed by atoms with van der Waals surface area (Å²) in [7, 11) is 0. The number of rotatable bonds is 6. The predicted octanol–water partition coefficient (Wildman–Crippen LogP) is 2.87. The minimum absolute atomic E-state index is 0.490. The van der Waals surface area contributed by atoms with E-state index in [1.807, 2.05) is 19.1 Å². The van der Waals surface area contributed by atoms with Crippen molar-refractivity contribution < 1.29 is 9.84 Å². The quantitative estimate of drug-likeness (QED) is 0.829. The molecule has 0 saturated heterocycles. The lowest BCUT2D eigenvalue weighted by Crippen LogP contribution is -2.41. The molecular formula is C16H25NO2. The maximum atomic E-state index is 10.4. The van der Waals surface area contributed by atoms with Crippen LogP contribution in [0.3, 0.4) is 0 Å². The topological polar surface area (TPSA) is 41.5 Å². The molecule has 1 aromatic carbocycles. The largest absolute Gasteiger partial charge is 0.494 e. The Morgan fingerprint density at radius 3 is 2.79 bits per heavy atom. The first-order valence-electron chi connectivity index (χ1n) is 7.37. The molecule has 0 spiro atoms. The fourth-order valence-corrected chi connectivity index (χ4v) is 2.74. The van der Waals surface area contributed by atoms with Crippen LogP contribution in [0.1, 0.15) is 44.6 Å². The first-order chi connectivity index (χ1) is 9.22. The number of nitrogens with one attached hydrogen (secondary N) is 1. The zero-order valence-electron chi connectivity index (χ0n) is 11.8. The molecule has 0 bridgehead atoms. The van der Waals surface area contributed by atoms with Gasteiger partial charge >= 0.3 is 0 Å². The summed E-state index contributed by atoms with van der Waals surface area (Å²) in [5.41, 5.74) is 0.709. The molecule has 3 heteroatoms. The fraction of sp³-hybridized carbons (Fsp3) is 0.625. The van der Waals surface area contributed by atoms with Crippen molar-refractivity contribution in [3.63, 3.8) is 0 Å². The van der Waals surface area contributed by atoms with Gasteiger partial charge in [0.25, 0.3) is 0 Å². The Hall–Kier alpha value is -1.06. The van der Waals surface area contributed by atoms with E-state index in [1.165, 1.54) is 12.0 Å². The van der Waals surface area contributed by atoms with E-state index in [4.69, 9.17) is 4.74 Å². The summed E-state index contributed by atoms with van der Waals surface area (Å²) < 4.78 is 5.49. The van der Waals surface area contributed by atoms with Gasteiger partial charge in [0.05, 0.1) is 12.2 Å². The average molecular weight is 263 g/mol. The molecule has 0 radical (unpaired) electrons. The molecule has 0 aliphatic heterocycles. The monoisotopic (exact) mass is 263 g/mol. The van der Waals surface area contributed by atoms with E-state index in [0.717, 1.165) is 38.0 Å². The summed E-state index contributed by atoms with van der Waals surface area (Å²) in [4.78, 5) is 0. The van der Waals surface area contributed by atoms with E-state index < -0.39 is 5.60 Å². The second-order valence-corrected chi connectivity index (χ2v) is 5.47. The average Bonchev–Trinajstić information content (AvgIpc) is 2.40. The Labute approximate surface area is 116 Å². The molecule has 0 atom stereocenters. The molecule has 1 aliphatic rings. The fourth-order valence-electron chi connectivity index (χ4n) is 2.74. The smallest absolute Gasteiger partial charge is 0.119 e. The van der Waals surface area contributed by atoms with Gasteiger partial charge in [0.1, 0.15) is 5.75 Å². The van der Waals surface area contributed by atoms with Crippen LogP contribution in [0, 0.1) is 0 Å². The van der Waals surface area contributed by atoms with Crippen molar-refractivity contribution in [2.24, 2.45) is 0 Å². The van der Waals surface area contributed by atoms with Gasteiger partial charge in [-0.2, -0.15) is 0 Å². The van der Waals surface area contributed by atoms with Crippen molar-refractivity contribution in [1.82, 2.24) is 5.32 Å². The van der Waals surface area contributed by atoms with E-state index in [1.54, 1.807) is 0 Å². The summed E-state index contributed by atoms with van der Waals surface area (Å²) in [6, 6.07) is 8.13. The molecule has 106 valence electrons. The van der Waals surface area contributed by atoms with Crippen molar-refractivity contribution in [2.75, 3.05) is 13.2 Å². The highest BCUT2D eigenvalue weighted by Crippen LogP contribution is 2.27. The second kappa shape index (κ2) is 6.92. The van der Waals surface area contributed by atoms with Crippen molar-refractivity contribution in [1.29, 1.82) is 0 Å². The molecule has 0 heterocycles. The Bertz CT molecular complexity index is 386. The molecule has 2 rings (SSSR count). The van der Waals surface area contributed by atoms with Gasteiger partial charge in [-0.05, 0) is 37.5 Å². The summed E-state index contributed by atoms with van der Waals surface area (Å²) >= 11 is 0. The van der Waals surface area contributed by atoms with Gasteiger partial charge in [-0.3, -0.25) is 0 Å². The molecule has 0 amide bonds. The second-order valence-electron chi connectivity index (χ2n) is 5.47. The Balaban J connectivity index is 1.80. The summed E-state index contributed by atoms with van der Waals surface area (Å²) in [6.45, 7) is 4.15. The van der Waals surface area contributed by atoms with Crippen molar-refractivity contribution in [3.05, 3.63) is 29.8 Å². The van der Waals surface area contributed by atoms with Crippen LogP contribution < -0.4 is 10.1 Å². The zero-order chi connectivity index (χ0) is 13.6. The third-order valence-corrected chi connectivity index (χ3v) is 3.78. The minimum Gasteiger partial charge on any atom is -0.494 e. The van der Waals surface area contributed by atoms with Crippen molar-refractivity contribution in [3.8, 4) is 5.75 Å². The number of hydrogen-bond acceptors (Lipinski definition) is 3. The lowest BCUT2D eigenvalue weighted by atomic mass is 9.85. The molecule has 0 aromatic heterocycles. The first kappa shape index (κ1) is 14.4. The van der Waals surface area contributed by atoms with Crippen LogP contribution in [0.5, 0.6) is 5.75 Å². The van der Waals surface area contributed by atoms with Crippen LogP contribution in [0.25, 0.3) is 0 Å². The Morgan fingerprint density at radius 2 is 2.05 bits per heavy atom. The lowest BCUT2D eigenvalue weighted by Gasteiger charge is -2.32. The maximum Gasteiger partial charge on any atom is 0.119 e. The molecule has 3 nitrogen and oxygen atoms in total. The third kappa shape index (κ3) is 4.51. The summed E-state index contributed by atoms with van der Waals surface area (Å²) in [5.74, 6) is 0.915. The lowest BCUT2D eigenvalue weighted by molar-refractivity contribution is 0.00467. The van der Waals surface area contributed by atoms with Crippen LogP contribution in [0.2, 0.25) is 0 Å². The van der Waals surface area contributed by atoms with Gasteiger partial charge < -0.3 is 15.2 Å². The van der Waals surface area contributed by atoms with Crippen molar-refractivity contribution in [2.45, 2.75) is 51.2 Å². The minimum atomic E-state index is -0.490. The van der Waals surface area contributed by atoms with E-state index >= 15 is 0 Å². The van der Waals surface area contributed by atoms with Crippen molar-refractivity contribution >= 4 is 0 Å². The molecular weight excluding hydrogens is 238 g/mol. The van der Waals surface area contributed by atoms with Gasteiger partial charge in [0, 0.05) is 13.1 Å². The molecule has 19 heavy (non-hydrogen) atoms. The Kier molecular flexibility index (Phi) is 5.23.